The number of ketones is 1. The number of nitrogens with one attached hydrogen (secondary N) is 4. The molecule has 0 fully saturated rings. The lowest BCUT2D eigenvalue weighted by atomic mass is 9.78. The van der Waals surface area contributed by atoms with Crippen LogP contribution < -0.4 is 21.3 Å². The number of hydrogen-bond donors (Lipinski definition) is 8. The van der Waals surface area contributed by atoms with Crippen molar-refractivity contribution < 1.29 is 49.9 Å². The van der Waals surface area contributed by atoms with E-state index >= 15 is 0 Å². The molecule has 8 bridgehead atoms. The van der Waals surface area contributed by atoms with Crippen molar-refractivity contribution in [1.29, 1.82) is 0 Å². The standard InChI is InChI=1S/C95H113N9O10S3/c1-12-14-15-22-48-114-61(7)86-59(5)76-54-75-58(4)70(90(101-75)73-53-82(105)87-60(6)77(102-91(73)87)55-78-69(13-2)57(3)74(99-78)56-79(86)100-76)38-43-85(106)97-44-25-45-98-93(107)66-51-64(32-41-83-94(8,9)88-71-28-18-16-26-62(71)30-39-80(88)103(83)46-20-23-49-116(108,109)110)92(115-68-36-34-67(96)35-37-68)65(52-66)33-42-84-95(10,11)89-72-29-19-17-27-63(72)31-40-81(89)104(84)47-21-24-50-117(111,112)113/h16-19,26-37,39-42,54-56,58,61,66,70,93,98,107H,12-15,20-25,38,43-53,96H2,1-11H3,(H4-,97,99,100,101,102,105,106,108,109,110,111,112,113)/p+1/t58-,61?,70+,93?/m1/s1. The van der Waals surface area contributed by atoms with Crippen molar-refractivity contribution in [2.75, 3.05) is 54.9 Å². The van der Waals surface area contributed by atoms with E-state index in [1.165, 1.54) is 6.42 Å². The summed E-state index contributed by atoms with van der Waals surface area (Å²) in [5.41, 5.74) is 28.1. The van der Waals surface area contributed by atoms with Crippen LogP contribution in [0.5, 0.6) is 0 Å². The molecule has 117 heavy (non-hydrogen) atoms. The highest BCUT2D eigenvalue weighted by Crippen LogP contribution is 2.53. The van der Waals surface area contributed by atoms with Crippen LogP contribution in [0.25, 0.3) is 54.8 Å². The Kier molecular flexibility index (Phi) is 25.3. The molecule has 19 nitrogen and oxygen atoms in total. The lowest BCUT2D eigenvalue weighted by molar-refractivity contribution is -0.438. The van der Waals surface area contributed by atoms with Gasteiger partial charge in [0, 0.05) is 146 Å². The van der Waals surface area contributed by atoms with Gasteiger partial charge in [-0.25, -0.2) is 4.98 Å². The van der Waals surface area contributed by atoms with E-state index in [-0.39, 0.29) is 72.7 Å². The second-order valence-electron chi connectivity index (χ2n) is 33.8. The molecule has 3 unspecified atom stereocenters. The van der Waals surface area contributed by atoms with Crippen LogP contribution >= 0.6 is 11.8 Å². The van der Waals surface area contributed by atoms with E-state index in [1.807, 2.05) is 43.3 Å². The molecule has 0 radical (unpaired) electrons. The number of aromatic amines is 2. The van der Waals surface area contributed by atoms with Gasteiger partial charge in [-0.15, -0.1) is 0 Å². The Morgan fingerprint density at radius 1 is 0.761 bits per heavy atom. The van der Waals surface area contributed by atoms with Gasteiger partial charge in [-0.2, -0.15) is 21.4 Å². The minimum Gasteiger partial charge on any atom is -0.399 e. The predicted molar refractivity (Wildman–Crippen MR) is 476 cm³/mol. The molecule has 7 heterocycles. The number of rotatable bonds is 32. The summed E-state index contributed by atoms with van der Waals surface area (Å²) in [5, 5.41) is 24.0. The van der Waals surface area contributed by atoms with E-state index in [2.05, 4.69) is 202 Å². The number of aryl methyl sites for hydroxylation is 2. The van der Waals surface area contributed by atoms with E-state index in [0.717, 1.165) is 180 Å². The average molecular weight is 1640 g/mol. The Morgan fingerprint density at radius 2 is 1.45 bits per heavy atom. The third kappa shape index (κ3) is 17.8. The highest BCUT2D eigenvalue weighted by atomic mass is 32.2. The number of aliphatic hydroxyl groups is 1. The van der Waals surface area contributed by atoms with Crippen LogP contribution in [-0.4, -0.2) is 123 Å². The summed E-state index contributed by atoms with van der Waals surface area (Å²) < 4.78 is 76.8. The van der Waals surface area contributed by atoms with E-state index in [4.69, 9.17) is 20.4 Å². The van der Waals surface area contributed by atoms with Crippen molar-refractivity contribution >= 4 is 121 Å². The Hall–Kier alpha value is -9.10. The molecular formula is C95H114N9O10S3+. The first-order valence-corrected chi connectivity index (χ1v) is 46.0. The zero-order chi connectivity index (χ0) is 83.0. The van der Waals surface area contributed by atoms with E-state index in [9.17, 15) is 40.6 Å². The van der Waals surface area contributed by atoms with Crippen LogP contribution in [0.15, 0.2) is 166 Å². The zero-order valence-electron chi connectivity index (χ0n) is 69.5. The van der Waals surface area contributed by atoms with E-state index in [0.29, 0.717) is 82.6 Å². The molecule has 4 aliphatic heterocycles. The van der Waals surface area contributed by atoms with Crippen molar-refractivity contribution in [3.63, 3.8) is 0 Å². The molecule has 1 amide bonds. The molecule has 5 atom stereocenters. The van der Waals surface area contributed by atoms with E-state index < -0.39 is 37.3 Å². The van der Waals surface area contributed by atoms with Gasteiger partial charge < -0.3 is 35.8 Å². The van der Waals surface area contributed by atoms with E-state index in [1.54, 1.807) is 11.8 Å². The number of carbonyl (C=O) groups is 2. The van der Waals surface area contributed by atoms with Gasteiger partial charge in [-0.1, -0.05) is 132 Å². The predicted octanol–water partition coefficient (Wildman–Crippen LogP) is 19.7. The van der Waals surface area contributed by atoms with Crippen molar-refractivity contribution in [3.8, 4) is 0 Å². The minimum absolute atomic E-state index is 0.0438. The largest absolute Gasteiger partial charge is 0.399 e. The SMILES string of the molecule is CCCCCCOC(C)c1c(C)c2cc3nc(c4c5[nH]c(cc6nc(cc1[nH]2)C(C)=C6CC)c(C)c5C(=O)C4)[C@@H](CCC(=O)NCCCNC(O)C1CC(/C=C/C2=[N+](CCCCS(=O)(=O)O)c4ccc5ccccc5c4C2(C)C)=C(Sc2ccc(N)cc2)C(=C/C=C2/N(CCCCS(=O)(=O)O)c4ccc5ccccc5c4C2(C)C)/C1)[C@H]3C. The lowest BCUT2D eigenvalue weighted by Crippen LogP contribution is -2.39. The van der Waals surface area contributed by atoms with Crippen molar-refractivity contribution in [2.45, 2.75) is 212 Å². The number of H-pyrrole nitrogens is 2. The van der Waals surface area contributed by atoms with Crippen molar-refractivity contribution in [3.05, 3.63) is 223 Å². The van der Waals surface area contributed by atoms with Crippen LogP contribution in [0.1, 0.15) is 237 Å². The Morgan fingerprint density at radius 3 is 2.17 bits per heavy atom. The Labute approximate surface area is 693 Å². The second-order valence-corrected chi connectivity index (χ2v) is 38.1. The number of fused-ring (bicyclic) bond motifs is 14. The summed E-state index contributed by atoms with van der Waals surface area (Å²) in [5.74, 6) is -1.39. The number of nitrogens with two attached hydrogens (primary N) is 1. The highest BCUT2D eigenvalue weighted by Gasteiger charge is 2.47. The number of nitrogens with zero attached hydrogens (tertiary/aromatic N) is 4. The number of nitrogen functional groups attached to an aromatic ring is 1. The van der Waals surface area contributed by atoms with Gasteiger partial charge >= 0.3 is 0 Å². The summed E-state index contributed by atoms with van der Waals surface area (Å²) in [6, 6.07) is 39.6. The maximum atomic E-state index is 14.4. The van der Waals surface area contributed by atoms with Crippen molar-refractivity contribution in [2.24, 2.45) is 5.92 Å². The van der Waals surface area contributed by atoms with Crippen LogP contribution in [0.3, 0.4) is 0 Å². The molecule has 2 aliphatic carbocycles. The molecule has 9 N–H and O–H groups in total. The third-order valence-corrected chi connectivity index (χ3v) is 28.0. The van der Waals surface area contributed by atoms with Gasteiger partial charge in [-0.05, 0) is 227 Å². The number of allylic oxidation sites excluding steroid dienone is 9. The fraction of sp³-hybridized carbons (Fsp3) is 0.421. The zero-order valence-corrected chi connectivity index (χ0v) is 72.0. The quantitative estimate of drug-likeness (QED) is 0.00639. The van der Waals surface area contributed by atoms with Gasteiger partial charge in [0.15, 0.2) is 11.5 Å². The van der Waals surface area contributed by atoms with Crippen LogP contribution in [0, 0.1) is 19.8 Å². The third-order valence-electron chi connectivity index (χ3n) is 25.2. The molecule has 6 aliphatic rings. The minimum atomic E-state index is -4.18. The second kappa shape index (κ2) is 35.1. The summed E-state index contributed by atoms with van der Waals surface area (Å²) in [6.07, 6.45) is 16.7. The fourth-order valence-corrected chi connectivity index (χ4v) is 21.2. The number of benzene rings is 5. The number of aromatic nitrogens is 4. The molecule has 3 aromatic heterocycles. The number of aliphatic hydroxyl groups excluding tert-OH is 1. The Balaban J connectivity index is 0.760. The van der Waals surface area contributed by atoms with Crippen LogP contribution in [0.4, 0.5) is 17.1 Å². The summed E-state index contributed by atoms with van der Waals surface area (Å²) >= 11 is 1.64. The molecule has 0 saturated heterocycles. The number of hydrogen-bond acceptors (Lipinski definition) is 14. The number of unbranched alkanes of at least 4 members (excludes halogenated alkanes) is 5. The number of anilines is 2. The first-order valence-electron chi connectivity index (χ1n) is 42.0. The number of amides is 1. The Bertz CT molecular complexity index is 5840. The molecule has 0 saturated carbocycles. The molecule has 0 spiro atoms. The number of ether oxygens (including phenoxy) is 1. The molecular weight excluding hydrogens is 1520 g/mol. The summed E-state index contributed by atoms with van der Waals surface area (Å²) in [6.45, 7) is 26.3. The van der Waals surface area contributed by atoms with Crippen LogP contribution in [-0.2, 0) is 47.0 Å². The first-order chi connectivity index (χ1) is 55.9. The van der Waals surface area contributed by atoms with Crippen molar-refractivity contribution in [1.82, 2.24) is 30.6 Å². The van der Waals surface area contributed by atoms with Gasteiger partial charge in [0.05, 0.1) is 45.6 Å². The normalized spacial score (nSPS) is 19.1. The first kappa shape index (κ1) is 84.4. The molecule has 616 valence electrons. The number of thioether (sulfide) groups is 1. The molecule has 22 heteroatoms. The van der Waals surface area contributed by atoms with Crippen LogP contribution in [0.2, 0.25) is 0 Å². The van der Waals surface area contributed by atoms with Gasteiger partial charge in [0.25, 0.3) is 20.2 Å². The molecule has 14 rings (SSSR count). The van der Waals surface area contributed by atoms with Gasteiger partial charge in [-0.3, -0.25) is 29.0 Å². The number of carbonyl (C=O) groups excluding carboxylic acids is 2. The molecule has 5 aromatic carbocycles. The summed E-state index contributed by atoms with van der Waals surface area (Å²) in [4.78, 5) is 51.3. The lowest BCUT2D eigenvalue weighted by Gasteiger charge is -2.32. The molecule has 8 aromatic rings. The smallest absolute Gasteiger partial charge is 0.264 e. The monoisotopic (exact) mass is 1640 g/mol. The highest BCUT2D eigenvalue weighted by molar-refractivity contribution is 8.03. The van der Waals surface area contributed by atoms with Gasteiger partial charge in [0.2, 0.25) is 11.6 Å². The number of Topliss-reactive ketones (excluding diaryl/α,β-unsaturated/α-hetero) is 1. The average Bonchev–Trinajstić information content (AvgIpc) is 1.58. The maximum Gasteiger partial charge on any atom is 0.264 e. The topological polar surface area (TPSA) is 286 Å². The maximum absolute atomic E-state index is 14.4. The fourth-order valence-electron chi connectivity index (χ4n) is 19.0. The summed E-state index contributed by atoms with van der Waals surface area (Å²) in [7, 11) is -8.37. The van der Waals surface area contributed by atoms with Gasteiger partial charge in [0.1, 0.15) is 12.8 Å².